The molecule has 12 heavy (non-hydrogen) atoms. The quantitative estimate of drug-likeness (QED) is 0.407. The molecule has 0 amide bonds. The molecule has 1 unspecified atom stereocenters. The zero-order chi connectivity index (χ0) is 9.23. The van der Waals surface area contributed by atoms with Crippen molar-refractivity contribution in [2.75, 3.05) is 0 Å². The van der Waals surface area contributed by atoms with E-state index in [2.05, 4.69) is 13.8 Å². The van der Waals surface area contributed by atoms with Crippen LogP contribution in [0.15, 0.2) is 0 Å². The lowest BCUT2D eigenvalue weighted by Crippen LogP contribution is -1.97. The molecule has 0 radical (unpaired) electrons. The molecule has 1 nitrogen and oxygen atoms in total. The third-order valence-corrected chi connectivity index (χ3v) is 2.98. The molecule has 0 aliphatic rings. The Morgan fingerprint density at radius 3 is 2.25 bits per heavy atom. The van der Waals surface area contributed by atoms with Crippen molar-refractivity contribution < 1.29 is 4.57 Å². The summed E-state index contributed by atoms with van der Waals surface area (Å²) >= 11 is 0. The molecule has 0 spiro atoms. The minimum Gasteiger partial charge on any atom is -0.275 e. The van der Waals surface area contributed by atoms with Gasteiger partial charge in [0.05, 0.1) is 0 Å². The molecule has 0 heterocycles. The van der Waals surface area contributed by atoms with E-state index in [4.69, 9.17) is 0 Å². The van der Waals surface area contributed by atoms with E-state index in [0.717, 1.165) is 19.3 Å². The molecule has 0 saturated heterocycles. The second-order valence-electron chi connectivity index (χ2n) is 3.40. The molecule has 0 aliphatic carbocycles. The van der Waals surface area contributed by atoms with Crippen molar-refractivity contribution in [3.8, 4) is 0 Å². The van der Waals surface area contributed by atoms with Crippen LogP contribution >= 0.6 is 8.46 Å². The summed E-state index contributed by atoms with van der Waals surface area (Å²) in [6, 6.07) is 0. The number of hydrogen-bond acceptors (Lipinski definition) is 1. The van der Waals surface area contributed by atoms with Gasteiger partial charge >= 0.3 is 0 Å². The summed E-state index contributed by atoms with van der Waals surface area (Å²) in [4.78, 5) is 0. The third kappa shape index (κ3) is 6.79. The Kier molecular flexibility index (Phi) is 9.27. The zero-order valence-electron chi connectivity index (χ0n) is 8.38. The molecule has 2 heteroatoms. The zero-order valence-corrected chi connectivity index (χ0v) is 9.28. The van der Waals surface area contributed by atoms with E-state index in [1.165, 1.54) is 25.7 Å². The molecule has 0 rings (SSSR count). The van der Waals surface area contributed by atoms with Gasteiger partial charge in [0.15, 0.2) is 8.46 Å². The molecule has 0 fully saturated rings. The summed E-state index contributed by atoms with van der Waals surface area (Å²) in [6.45, 7) is 4.37. The molecule has 0 aromatic heterocycles. The van der Waals surface area contributed by atoms with Crippen LogP contribution in [0, 0.1) is 0 Å². The van der Waals surface area contributed by atoms with E-state index in [0.29, 0.717) is 14.1 Å². The lowest BCUT2D eigenvalue weighted by Gasteiger charge is -2.06. The molecule has 0 N–H and O–H groups in total. The first-order valence-electron chi connectivity index (χ1n) is 5.17. The minimum absolute atomic E-state index is 0.360. The lowest BCUT2D eigenvalue weighted by molar-refractivity contribution is 0.556. The molecule has 0 bridgehead atoms. The highest BCUT2D eigenvalue weighted by atomic mass is 31.1. The van der Waals surface area contributed by atoms with Crippen LogP contribution in [0.3, 0.4) is 0 Å². The fourth-order valence-electron chi connectivity index (χ4n) is 1.39. The highest BCUT2D eigenvalue weighted by Gasteiger charge is 2.05. The molecular weight excluding hydrogens is 167 g/mol. The highest BCUT2D eigenvalue weighted by Crippen LogP contribution is 2.20. The third-order valence-electron chi connectivity index (χ3n) is 2.16. The Hall–Kier alpha value is 0.100. The first-order valence-corrected chi connectivity index (χ1v) is 6.05. The number of hydrogen-bond donors (Lipinski definition) is 0. The van der Waals surface area contributed by atoms with Gasteiger partial charge in [-0.05, 0) is 12.8 Å². The van der Waals surface area contributed by atoms with Gasteiger partial charge in [0.1, 0.15) is 0 Å². The average Bonchev–Trinajstić information content (AvgIpc) is 2.10. The summed E-state index contributed by atoms with van der Waals surface area (Å²) in [6.07, 6.45) is 8.62. The minimum atomic E-state index is 0.360. The lowest BCUT2D eigenvalue weighted by atomic mass is 10.1. The van der Waals surface area contributed by atoms with E-state index in [9.17, 15) is 4.57 Å². The number of rotatable bonds is 8. The molecule has 0 saturated carbocycles. The van der Waals surface area contributed by atoms with Crippen molar-refractivity contribution in [2.24, 2.45) is 0 Å². The van der Waals surface area contributed by atoms with Crippen molar-refractivity contribution in [2.45, 2.75) is 64.5 Å². The molecular formula is C10H21OP. The van der Waals surface area contributed by atoms with Gasteiger partial charge in [-0.25, -0.2) is 0 Å². The van der Waals surface area contributed by atoms with Crippen molar-refractivity contribution in [3.05, 3.63) is 0 Å². The van der Waals surface area contributed by atoms with Crippen LogP contribution < -0.4 is 0 Å². The normalized spacial score (nSPS) is 13.5. The highest BCUT2D eigenvalue weighted by molar-refractivity contribution is 7.24. The largest absolute Gasteiger partial charge is 0.275 e. The second kappa shape index (κ2) is 9.19. The van der Waals surface area contributed by atoms with Crippen LogP contribution in [0.4, 0.5) is 0 Å². The molecule has 72 valence electrons. The average molecular weight is 188 g/mol. The van der Waals surface area contributed by atoms with Crippen LogP contribution in [-0.4, -0.2) is 5.66 Å². The van der Waals surface area contributed by atoms with E-state index >= 15 is 0 Å². The molecule has 0 aromatic rings. The number of unbranched alkanes of at least 4 members (excludes halogenated alkanes) is 3. The van der Waals surface area contributed by atoms with Crippen molar-refractivity contribution in [1.29, 1.82) is 0 Å². The summed E-state index contributed by atoms with van der Waals surface area (Å²) in [7, 11) is 0.360. The predicted octanol–water partition coefficient (Wildman–Crippen LogP) is 4.42. The van der Waals surface area contributed by atoms with E-state index in [1.807, 2.05) is 0 Å². The van der Waals surface area contributed by atoms with Gasteiger partial charge in [-0.1, -0.05) is 46.0 Å². The molecule has 0 aromatic carbocycles. The Bertz CT molecular complexity index is 104. The fraction of sp³-hybridized carbons (Fsp3) is 1.00. The van der Waals surface area contributed by atoms with Crippen LogP contribution in [0.2, 0.25) is 0 Å². The van der Waals surface area contributed by atoms with Crippen LogP contribution in [0.25, 0.3) is 0 Å². The maximum Gasteiger partial charge on any atom is 0.158 e. The van der Waals surface area contributed by atoms with Gasteiger partial charge < -0.3 is 0 Å². The topological polar surface area (TPSA) is 17.1 Å². The summed E-state index contributed by atoms with van der Waals surface area (Å²) in [5.41, 5.74) is 0.437. The summed E-state index contributed by atoms with van der Waals surface area (Å²) < 4.78 is 10.7. The van der Waals surface area contributed by atoms with Gasteiger partial charge in [0.25, 0.3) is 0 Å². The SMILES string of the molecule is CCCCCCC(CCC)P=O. The molecule has 1 atom stereocenters. The van der Waals surface area contributed by atoms with Gasteiger partial charge in [-0.15, -0.1) is 0 Å². The van der Waals surface area contributed by atoms with Crippen molar-refractivity contribution in [3.63, 3.8) is 0 Å². The first kappa shape index (κ1) is 12.1. The smallest absolute Gasteiger partial charge is 0.158 e. The van der Waals surface area contributed by atoms with E-state index in [1.54, 1.807) is 0 Å². The monoisotopic (exact) mass is 188 g/mol. The van der Waals surface area contributed by atoms with Crippen molar-refractivity contribution in [1.82, 2.24) is 0 Å². The van der Waals surface area contributed by atoms with E-state index < -0.39 is 0 Å². The second-order valence-corrected chi connectivity index (χ2v) is 4.34. The molecule has 0 aliphatic heterocycles. The van der Waals surface area contributed by atoms with Gasteiger partial charge in [-0.2, -0.15) is 0 Å². The van der Waals surface area contributed by atoms with Crippen LogP contribution in [0.1, 0.15) is 58.8 Å². The van der Waals surface area contributed by atoms with Crippen LogP contribution in [-0.2, 0) is 4.57 Å². The van der Waals surface area contributed by atoms with Crippen molar-refractivity contribution >= 4 is 8.46 Å². The Morgan fingerprint density at radius 2 is 1.75 bits per heavy atom. The van der Waals surface area contributed by atoms with Crippen LogP contribution in [0.5, 0.6) is 0 Å². The fourth-order valence-corrected chi connectivity index (χ4v) is 2.04. The maximum absolute atomic E-state index is 10.7. The summed E-state index contributed by atoms with van der Waals surface area (Å²) in [5.74, 6) is 0. The maximum atomic E-state index is 10.7. The Morgan fingerprint density at radius 1 is 1.00 bits per heavy atom. The Labute approximate surface area is 78.1 Å². The van der Waals surface area contributed by atoms with Gasteiger partial charge in [0.2, 0.25) is 0 Å². The standard InChI is InChI=1S/C10H21OP/c1-3-5-6-7-9-10(12-11)8-4-2/h10H,3-9H2,1-2H3. The predicted molar refractivity (Wildman–Crippen MR) is 55.1 cm³/mol. The first-order chi connectivity index (χ1) is 5.85. The van der Waals surface area contributed by atoms with E-state index in [-0.39, 0.29) is 0 Å². The Balaban J connectivity index is 3.25. The van der Waals surface area contributed by atoms with Gasteiger partial charge in [0, 0.05) is 5.66 Å². The van der Waals surface area contributed by atoms with Gasteiger partial charge in [-0.3, -0.25) is 4.57 Å². The summed E-state index contributed by atoms with van der Waals surface area (Å²) in [5, 5.41) is 0.